The van der Waals surface area contributed by atoms with Crippen molar-refractivity contribution in [1.82, 2.24) is 10.2 Å². The monoisotopic (exact) mass is 259 g/mol. The Morgan fingerprint density at radius 2 is 1.95 bits per heavy atom. The Bertz CT molecular complexity index is 594. The van der Waals surface area contributed by atoms with Crippen LogP contribution in [0, 0.1) is 6.92 Å². The summed E-state index contributed by atoms with van der Waals surface area (Å²) in [6.07, 6.45) is 0. The number of ether oxygens (including phenoxy) is 1. The summed E-state index contributed by atoms with van der Waals surface area (Å²) >= 11 is 0. The molecule has 0 spiro atoms. The molecular weight excluding hydrogens is 238 g/mol. The SMILES string of the molecule is COc1ccc(-c2n[nH]c(C)c2N)cc1C(C)(C)C. The third-order valence-corrected chi connectivity index (χ3v) is 3.28. The fourth-order valence-corrected chi connectivity index (χ4v) is 2.10. The van der Waals surface area contributed by atoms with E-state index in [2.05, 4.69) is 37.0 Å². The van der Waals surface area contributed by atoms with Crippen LogP contribution in [0.2, 0.25) is 0 Å². The van der Waals surface area contributed by atoms with Crippen molar-refractivity contribution in [2.24, 2.45) is 0 Å². The topological polar surface area (TPSA) is 63.9 Å². The number of H-pyrrole nitrogens is 1. The van der Waals surface area contributed by atoms with E-state index in [-0.39, 0.29) is 5.41 Å². The Labute approximate surface area is 114 Å². The molecule has 0 aliphatic rings. The van der Waals surface area contributed by atoms with Crippen molar-refractivity contribution in [3.63, 3.8) is 0 Å². The van der Waals surface area contributed by atoms with Crippen LogP contribution in [0.4, 0.5) is 5.69 Å². The number of hydrogen-bond donors (Lipinski definition) is 2. The van der Waals surface area contributed by atoms with Crippen LogP contribution in [0.5, 0.6) is 5.75 Å². The maximum absolute atomic E-state index is 6.04. The molecule has 0 saturated heterocycles. The molecule has 102 valence electrons. The van der Waals surface area contributed by atoms with Crippen LogP contribution in [0.25, 0.3) is 11.3 Å². The minimum atomic E-state index is 0.00146. The van der Waals surface area contributed by atoms with Gasteiger partial charge in [0, 0.05) is 11.1 Å². The zero-order valence-corrected chi connectivity index (χ0v) is 12.2. The zero-order valence-electron chi connectivity index (χ0n) is 12.2. The summed E-state index contributed by atoms with van der Waals surface area (Å²) in [5.74, 6) is 0.891. The van der Waals surface area contributed by atoms with E-state index in [1.54, 1.807) is 7.11 Å². The lowest BCUT2D eigenvalue weighted by atomic mass is 9.85. The van der Waals surface area contributed by atoms with Crippen LogP contribution in [-0.2, 0) is 5.41 Å². The van der Waals surface area contributed by atoms with Crippen LogP contribution in [0.1, 0.15) is 32.0 Å². The standard InChI is InChI=1S/C15H21N3O/c1-9-13(16)14(18-17-9)10-6-7-12(19-5)11(8-10)15(2,3)4/h6-8H,16H2,1-5H3,(H,17,18). The predicted molar refractivity (Wildman–Crippen MR) is 78.4 cm³/mol. The highest BCUT2D eigenvalue weighted by Crippen LogP contribution is 2.36. The van der Waals surface area contributed by atoms with Gasteiger partial charge >= 0.3 is 0 Å². The number of nitrogen functional groups attached to an aromatic ring is 1. The van der Waals surface area contributed by atoms with E-state index >= 15 is 0 Å². The van der Waals surface area contributed by atoms with Gasteiger partial charge in [0.25, 0.3) is 0 Å². The van der Waals surface area contributed by atoms with Crippen molar-refractivity contribution in [1.29, 1.82) is 0 Å². The summed E-state index contributed by atoms with van der Waals surface area (Å²) in [6.45, 7) is 8.40. The lowest BCUT2D eigenvalue weighted by Gasteiger charge is -2.22. The van der Waals surface area contributed by atoms with Crippen molar-refractivity contribution in [3.05, 3.63) is 29.5 Å². The number of hydrogen-bond acceptors (Lipinski definition) is 3. The summed E-state index contributed by atoms with van der Waals surface area (Å²) in [7, 11) is 1.69. The third-order valence-electron chi connectivity index (χ3n) is 3.28. The van der Waals surface area contributed by atoms with Crippen LogP contribution in [0.15, 0.2) is 18.2 Å². The Hall–Kier alpha value is -1.97. The number of nitrogens with one attached hydrogen (secondary N) is 1. The molecule has 4 heteroatoms. The Kier molecular flexibility index (Phi) is 3.27. The molecule has 1 aromatic heterocycles. The molecule has 0 radical (unpaired) electrons. The zero-order chi connectivity index (χ0) is 14.2. The maximum atomic E-state index is 6.04. The van der Waals surface area contributed by atoms with Crippen LogP contribution < -0.4 is 10.5 Å². The summed E-state index contributed by atoms with van der Waals surface area (Å²) in [5, 5.41) is 7.19. The Morgan fingerprint density at radius 3 is 2.42 bits per heavy atom. The number of anilines is 1. The molecule has 0 bridgehead atoms. The smallest absolute Gasteiger partial charge is 0.122 e. The molecule has 4 nitrogen and oxygen atoms in total. The number of aromatic amines is 1. The molecule has 0 aliphatic heterocycles. The van der Waals surface area contributed by atoms with Crippen LogP contribution >= 0.6 is 0 Å². The minimum Gasteiger partial charge on any atom is -0.496 e. The largest absolute Gasteiger partial charge is 0.496 e. The maximum Gasteiger partial charge on any atom is 0.122 e. The van der Waals surface area contributed by atoms with Gasteiger partial charge in [-0.05, 0) is 30.5 Å². The molecule has 2 aromatic rings. The van der Waals surface area contributed by atoms with E-state index < -0.39 is 0 Å². The fraction of sp³-hybridized carbons (Fsp3) is 0.400. The second-order valence-electron chi connectivity index (χ2n) is 5.78. The number of benzene rings is 1. The third kappa shape index (κ3) is 2.43. The number of nitrogens with zero attached hydrogens (tertiary/aromatic N) is 1. The van der Waals surface area contributed by atoms with Gasteiger partial charge in [-0.1, -0.05) is 20.8 Å². The molecule has 0 amide bonds. The van der Waals surface area contributed by atoms with Gasteiger partial charge in [0.1, 0.15) is 11.4 Å². The van der Waals surface area contributed by atoms with E-state index in [9.17, 15) is 0 Å². The lowest BCUT2D eigenvalue weighted by Crippen LogP contribution is -2.13. The van der Waals surface area contributed by atoms with Crippen molar-refractivity contribution in [3.8, 4) is 17.0 Å². The summed E-state index contributed by atoms with van der Waals surface area (Å²) in [4.78, 5) is 0. The van der Waals surface area contributed by atoms with Crippen molar-refractivity contribution in [2.45, 2.75) is 33.1 Å². The Morgan fingerprint density at radius 1 is 1.26 bits per heavy atom. The molecule has 0 aliphatic carbocycles. The first-order valence-electron chi connectivity index (χ1n) is 6.34. The van der Waals surface area contributed by atoms with Crippen LogP contribution in [-0.4, -0.2) is 17.3 Å². The number of rotatable bonds is 2. The highest BCUT2D eigenvalue weighted by molar-refractivity contribution is 5.75. The molecular formula is C15H21N3O. The highest BCUT2D eigenvalue weighted by atomic mass is 16.5. The summed E-state index contributed by atoms with van der Waals surface area (Å²) in [5.41, 5.74) is 10.6. The quantitative estimate of drug-likeness (QED) is 0.870. The van der Waals surface area contributed by atoms with Gasteiger partial charge < -0.3 is 10.5 Å². The minimum absolute atomic E-state index is 0.00146. The highest BCUT2D eigenvalue weighted by Gasteiger charge is 2.20. The number of nitrogens with two attached hydrogens (primary N) is 1. The average Bonchev–Trinajstić information content (AvgIpc) is 2.68. The molecule has 19 heavy (non-hydrogen) atoms. The lowest BCUT2D eigenvalue weighted by molar-refractivity contribution is 0.397. The van der Waals surface area contributed by atoms with Crippen LogP contribution in [0.3, 0.4) is 0 Å². The Balaban J connectivity index is 2.58. The number of aromatic nitrogens is 2. The van der Waals surface area contributed by atoms with Gasteiger partial charge in [-0.3, -0.25) is 5.10 Å². The van der Waals surface area contributed by atoms with Crippen molar-refractivity contribution >= 4 is 5.69 Å². The van der Waals surface area contributed by atoms with Gasteiger partial charge in [-0.15, -0.1) is 0 Å². The second-order valence-corrected chi connectivity index (χ2v) is 5.78. The molecule has 0 fully saturated rings. The normalized spacial score (nSPS) is 11.6. The van der Waals surface area contributed by atoms with Crippen molar-refractivity contribution in [2.75, 3.05) is 12.8 Å². The molecule has 0 unspecified atom stereocenters. The number of methoxy groups -OCH3 is 1. The van der Waals surface area contributed by atoms with E-state index in [1.807, 2.05) is 19.1 Å². The molecule has 1 aromatic carbocycles. The van der Waals surface area contributed by atoms with Gasteiger partial charge in [-0.25, -0.2) is 0 Å². The second kappa shape index (κ2) is 4.61. The molecule has 1 heterocycles. The molecule has 0 atom stereocenters. The predicted octanol–water partition coefficient (Wildman–Crippen LogP) is 3.27. The first kappa shape index (κ1) is 13.5. The van der Waals surface area contributed by atoms with E-state index in [1.165, 1.54) is 0 Å². The first-order chi connectivity index (χ1) is 8.84. The summed E-state index contributed by atoms with van der Waals surface area (Å²) < 4.78 is 5.44. The van der Waals surface area contributed by atoms with Gasteiger partial charge in [-0.2, -0.15) is 5.10 Å². The first-order valence-corrected chi connectivity index (χ1v) is 6.34. The molecule has 0 saturated carbocycles. The van der Waals surface area contributed by atoms with Gasteiger partial charge in [0.2, 0.25) is 0 Å². The van der Waals surface area contributed by atoms with Gasteiger partial charge in [0.05, 0.1) is 18.5 Å². The van der Waals surface area contributed by atoms with Gasteiger partial charge in [0.15, 0.2) is 0 Å². The molecule has 2 rings (SSSR count). The molecule has 3 N–H and O–H groups in total. The van der Waals surface area contributed by atoms with Crippen molar-refractivity contribution < 1.29 is 4.74 Å². The van der Waals surface area contributed by atoms with E-state index in [0.717, 1.165) is 28.3 Å². The average molecular weight is 259 g/mol. The van der Waals surface area contributed by atoms with E-state index in [0.29, 0.717) is 5.69 Å². The summed E-state index contributed by atoms with van der Waals surface area (Å²) in [6, 6.07) is 6.06. The fourth-order valence-electron chi connectivity index (χ4n) is 2.10. The van der Waals surface area contributed by atoms with E-state index in [4.69, 9.17) is 10.5 Å². The number of aryl methyl sites for hydroxylation is 1.